The van der Waals surface area contributed by atoms with Crippen molar-refractivity contribution in [2.75, 3.05) is 21.2 Å². The van der Waals surface area contributed by atoms with Gasteiger partial charge in [0, 0.05) is 12.1 Å². The van der Waals surface area contributed by atoms with Crippen LogP contribution in [-0.4, -0.2) is 32.1 Å². The van der Waals surface area contributed by atoms with Gasteiger partial charge in [-0.3, -0.25) is 0 Å². The fraction of sp³-hybridized carbons (Fsp3) is 0.538. The van der Waals surface area contributed by atoms with Gasteiger partial charge in [-0.2, -0.15) is 0 Å². The number of ether oxygens (including phenoxy) is 1. The highest BCUT2D eigenvalue weighted by molar-refractivity contribution is 6.32. The van der Waals surface area contributed by atoms with Crippen LogP contribution in [-0.2, 0) is 0 Å². The third-order valence-corrected chi connectivity index (χ3v) is 3.21. The average Bonchev–Trinajstić information content (AvgIpc) is 2.21. The van der Waals surface area contributed by atoms with E-state index < -0.39 is 0 Å². The largest absolute Gasteiger partial charge is 0.495 e. The lowest BCUT2D eigenvalue weighted by atomic mass is 9.95. The lowest BCUT2D eigenvalue weighted by Gasteiger charge is -2.30. The van der Waals surface area contributed by atoms with Gasteiger partial charge in [0.1, 0.15) is 5.75 Å². The molecule has 96 valence electrons. The minimum Gasteiger partial charge on any atom is -0.495 e. The number of benzene rings is 1. The molecule has 1 aromatic rings. The van der Waals surface area contributed by atoms with E-state index in [1.165, 1.54) is 0 Å². The molecule has 0 bridgehead atoms. The first-order chi connectivity index (χ1) is 7.88. The summed E-state index contributed by atoms with van der Waals surface area (Å²) in [4.78, 5) is 2.11. The van der Waals surface area contributed by atoms with Crippen LogP contribution in [0.25, 0.3) is 0 Å². The van der Waals surface area contributed by atoms with Crippen molar-refractivity contribution in [3.05, 3.63) is 28.3 Å². The van der Waals surface area contributed by atoms with Crippen molar-refractivity contribution < 1.29 is 4.74 Å². The zero-order valence-electron chi connectivity index (χ0n) is 11.1. The molecule has 0 fully saturated rings. The summed E-state index contributed by atoms with van der Waals surface area (Å²) < 4.78 is 5.20. The molecule has 1 aromatic carbocycles. The Hall–Kier alpha value is -0.770. The zero-order chi connectivity index (χ0) is 13.2. The molecule has 0 spiro atoms. The molecule has 0 aliphatic carbocycles. The molecule has 0 saturated carbocycles. The molecule has 0 heterocycles. The van der Waals surface area contributed by atoms with Gasteiger partial charge in [0.25, 0.3) is 0 Å². The molecular weight excluding hydrogens is 236 g/mol. The highest BCUT2D eigenvalue weighted by Gasteiger charge is 2.21. The molecule has 0 radical (unpaired) electrons. The molecule has 0 saturated heterocycles. The number of halogens is 1. The Labute approximate surface area is 109 Å². The van der Waals surface area contributed by atoms with Gasteiger partial charge in [0.15, 0.2) is 0 Å². The smallest absolute Gasteiger partial charge is 0.137 e. The van der Waals surface area contributed by atoms with Crippen LogP contribution in [0.1, 0.15) is 24.1 Å². The number of rotatable bonds is 4. The number of hydrogen-bond donors (Lipinski definition) is 1. The predicted octanol–water partition coefficient (Wildman–Crippen LogP) is 2.61. The van der Waals surface area contributed by atoms with Crippen molar-refractivity contribution in [1.82, 2.24) is 4.90 Å². The Morgan fingerprint density at radius 1 is 1.35 bits per heavy atom. The number of methoxy groups -OCH3 is 1. The van der Waals surface area contributed by atoms with Crippen LogP contribution in [0.4, 0.5) is 0 Å². The molecule has 0 aromatic heterocycles. The molecule has 2 N–H and O–H groups in total. The highest BCUT2D eigenvalue weighted by atomic mass is 35.5. The second-order valence-electron chi connectivity index (χ2n) is 4.61. The average molecular weight is 257 g/mol. The zero-order valence-corrected chi connectivity index (χ0v) is 11.9. The van der Waals surface area contributed by atoms with Crippen molar-refractivity contribution in [2.45, 2.75) is 25.9 Å². The monoisotopic (exact) mass is 256 g/mol. The van der Waals surface area contributed by atoms with Crippen LogP contribution in [0.5, 0.6) is 5.75 Å². The Balaban J connectivity index is 3.25. The molecule has 2 unspecified atom stereocenters. The van der Waals surface area contributed by atoms with E-state index in [-0.39, 0.29) is 12.1 Å². The molecule has 0 aliphatic rings. The van der Waals surface area contributed by atoms with E-state index in [9.17, 15) is 0 Å². The van der Waals surface area contributed by atoms with E-state index >= 15 is 0 Å². The second kappa shape index (κ2) is 5.71. The molecule has 2 atom stereocenters. The van der Waals surface area contributed by atoms with Gasteiger partial charge in [0.2, 0.25) is 0 Å². The fourth-order valence-corrected chi connectivity index (χ4v) is 2.43. The van der Waals surface area contributed by atoms with Gasteiger partial charge in [-0.1, -0.05) is 11.6 Å². The number of aryl methyl sites for hydroxylation is 1. The molecule has 1 rings (SSSR count). The maximum Gasteiger partial charge on any atom is 0.137 e. The Bertz CT molecular complexity index is 383. The van der Waals surface area contributed by atoms with E-state index in [0.29, 0.717) is 10.8 Å². The quantitative estimate of drug-likeness (QED) is 0.900. The topological polar surface area (TPSA) is 38.5 Å². The fourth-order valence-electron chi connectivity index (χ4n) is 2.18. The number of nitrogens with zero attached hydrogens (tertiary/aromatic N) is 1. The number of nitrogens with two attached hydrogens (primary N) is 1. The Morgan fingerprint density at radius 3 is 2.35 bits per heavy atom. The molecule has 3 nitrogen and oxygen atoms in total. The highest BCUT2D eigenvalue weighted by Crippen LogP contribution is 2.33. The van der Waals surface area contributed by atoms with E-state index in [4.69, 9.17) is 22.1 Å². The molecule has 17 heavy (non-hydrogen) atoms. The standard InChI is InChI=1S/C13H21ClN2O/c1-8-6-12(17-5)11(14)7-10(8)13(9(2)15)16(3)4/h6-7,9,13H,15H2,1-5H3. The molecule has 0 aliphatic heterocycles. The van der Waals surface area contributed by atoms with Crippen molar-refractivity contribution in [1.29, 1.82) is 0 Å². The third kappa shape index (κ3) is 3.12. The molecular formula is C13H21ClN2O. The van der Waals surface area contributed by atoms with Crippen LogP contribution >= 0.6 is 11.6 Å². The van der Waals surface area contributed by atoms with Crippen LogP contribution in [0, 0.1) is 6.92 Å². The lowest BCUT2D eigenvalue weighted by molar-refractivity contribution is 0.265. The van der Waals surface area contributed by atoms with Gasteiger partial charge in [-0.25, -0.2) is 0 Å². The van der Waals surface area contributed by atoms with Crippen molar-refractivity contribution in [3.8, 4) is 5.75 Å². The van der Waals surface area contributed by atoms with E-state index in [2.05, 4.69) is 4.90 Å². The first-order valence-corrected chi connectivity index (χ1v) is 6.02. The van der Waals surface area contributed by atoms with E-state index in [0.717, 1.165) is 11.1 Å². The lowest BCUT2D eigenvalue weighted by Crippen LogP contribution is -2.35. The first kappa shape index (κ1) is 14.3. The summed E-state index contributed by atoms with van der Waals surface area (Å²) in [5.41, 5.74) is 8.33. The van der Waals surface area contributed by atoms with Gasteiger partial charge >= 0.3 is 0 Å². The minimum absolute atomic E-state index is 0.0353. The van der Waals surface area contributed by atoms with E-state index in [1.54, 1.807) is 7.11 Å². The summed E-state index contributed by atoms with van der Waals surface area (Å²) in [6.45, 7) is 4.05. The normalized spacial score (nSPS) is 14.8. The van der Waals surface area contributed by atoms with Crippen molar-refractivity contribution in [2.24, 2.45) is 5.73 Å². The predicted molar refractivity (Wildman–Crippen MR) is 72.8 cm³/mol. The molecule has 4 heteroatoms. The van der Waals surface area contributed by atoms with Crippen molar-refractivity contribution >= 4 is 11.6 Å². The number of hydrogen-bond acceptors (Lipinski definition) is 3. The summed E-state index contributed by atoms with van der Waals surface area (Å²) in [5.74, 6) is 0.704. The first-order valence-electron chi connectivity index (χ1n) is 5.64. The minimum atomic E-state index is 0.0353. The maximum absolute atomic E-state index is 6.17. The number of likely N-dealkylation sites (N-methyl/N-ethyl adjacent to an activating group) is 1. The summed E-state index contributed by atoms with van der Waals surface area (Å²) >= 11 is 6.17. The Kier molecular flexibility index (Phi) is 4.80. The third-order valence-electron chi connectivity index (χ3n) is 2.91. The van der Waals surface area contributed by atoms with Crippen LogP contribution in [0.3, 0.4) is 0 Å². The van der Waals surface area contributed by atoms with Gasteiger partial charge in [0.05, 0.1) is 12.1 Å². The van der Waals surface area contributed by atoms with Crippen LogP contribution in [0.2, 0.25) is 5.02 Å². The summed E-state index contributed by atoms with van der Waals surface area (Å²) in [7, 11) is 5.66. The van der Waals surface area contributed by atoms with Crippen LogP contribution < -0.4 is 10.5 Å². The maximum atomic E-state index is 6.17. The van der Waals surface area contributed by atoms with Crippen molar-refractivity contribution in [3.63, 3.8) is 0 Å². The molecule has 0 amide bonds. The van der Waals surface area contributed by atoms with E-state index in [1.807, 2.05) is 40.1 Å². The summed E-state index contributed by atoms with van der Waals surface area (Å²) in [5, 5.41) is 0.626. The van der Waals surface area contributed by atoms with Gasteiger partial charge in [-0.05, 0) is 51.2 Å². The SMILES string of the molecule is COc1cc(C)c(C(C(C)N)N(C)C)cc1Cl. The Morgan fingerprint density at radius 2 is 1.94 bits per heavy atom. The summed E-state index contributed by atoms with van der Waals surface area (Å²) in [6.07, 6.45) is 0. The second-order valence-corrected chi connectivity index (χ2v) is 5.02. The summed E-state index contributed by atoms with van der Waals surface area (Å²) in [6, 6.07) is 4.09. The van der Waals surface area contributed by atoms with Gasteiger partial charge < -0.3 is 15.4 Å². The van der Waals surface area contributed by atoms with Crippen LogP contribution in [0.15, 0.2) is 12.1 Å². The van der Waals surface area contributed by atoms with Gasteiger partial charge in [-0.15, -0.1) is 0 Å².